The van der Waals surface area contributed by atoms with E-state index in [0.717, 1.165) is 18.6 Å². The number of rotatable bonds is 5. The Morgan fingerprint density at radius 3 is 2.08 bits per heavy atom. The van der Waals surface area contributed by atoms with Crippen LogP contribution in [0.1, 0.15) is 39.7 Å². The molecule has 0 unspecified atom stereocenters. The molecule has 1 heterocycles. The van der Waals surface area contributed by atoms with Crippen LogP contribution in [0.5, 0.6) is 5.75 Å². The Balaban J connectivity index is 1.78. The van der Waals surface area contributed by atoms with E-state index in [0.29, 0.717) is 26.2 Å². The second-order valence-electron chi connectivity index (χ2n) is 7.61. The number of aryl methyl sites for hydroxylation is 1. The van der Waals surface area contributed by atoms with Gasteiger partial charge in [-0.1, -0.05) is 46.2 Å². The van der Waals surface area contributed by atoms with Crippen LogP contribution in [0, 0.1) is 5.41 Å². The molecule has 0 bridgehead atoms. The predicted octanol–water partition coefficient (Wildman–Crippen LogP) is 2.73. The minimum Gasteiger partial charge on any atom is -0.484 e. The fraction of sp³-hybridized carbons (Fsp3) is 0.600. The molecule has 1 aromatic rings. The Labute approximate surface area is 150 Å². The average Bonchev–Trinajstić information content (AvgIpc) is 2.60. The number of hydrogen-bond donors (Lipinski definition) is 0. The van der Waals surface area contributed by atoms with Gasteiger partial charge in [0, 0.05) is 31.6 Å². The van der Waals surface area contributed by atoms with Gasteiger partial charge in [0.1, 0.15) is 5.75 Å². The van der Waals surface area contributed by atoms with Crippen LogP contribution in [-0.2, 0) is 16.0 Å². The summed E-state index contributed by atoms with van der Waals surface area (Å²) in [7, 11) is 0. The van der Waals surface area contributed by atoms with E-state index in [1.807, 2.05) is 49.9 Å². The Morgan fingerprint density at radius 1 is 1.00 bits per heavy atom. The Kier molecular flexibility index (Phi) is 6.45. The molecule has 138 valence electrons. The number of carbonyl (C=O) groups is 2. The third kappa shape index (κ3) is 5.48. The Morgan fingerprint density at radius 2 is 1.56 bits per heavy atom. The first-order valence-corrected chi connectivity index (χ1v) is 9.10. The van der Waals surface area contributed by atoms with Gasteiger partial charge in [-0.2, -0.15) is 0 Å². The lowest BCUT2D eigenvalue weighted by atomic mass is 9.94. The van der Waals surface area contributed by atoms with E-state index in [2.05, 4.69) is 6.92 Å². The van der Waals surface area contributed by atoms with Crippen molar-refractivity contribution in [1.29, 1.82) is 0 Å². The van der Waals surface area contributed by atoms with Crippen LogP contribution in [0.25, 0.3) is 0 Å². The molecular weight excluding hydrogens is 316 g/mol. The zero-order chi connectivity index (χ0) is 18.4. The number of ether oxygens (including phenoxy) is 1. The van der Waals surface area contributed by atoms with Gasteiger partial charge < -0.3 is 14.5 Å². The average molecular weight is 346 g/mol. The fourth-order valence-corrected chi connectivity index (χ4v) is 2.91. The molecule has 5 nitrogen and oxygen atoms in total. The van der Waals surface area contributed by atoms with E-state index in [1.54, 1.807) is 4.90 Å². The van der Waals surface area contributed by atoms with Gasteiger partial charge >= 0.3 is 0 Å². The van der Waals surface area contributed by atoms with Gasteiger partial charge in [0.25, 0.3) is 5.91 Å². The smallest absolute Gasteiger partial charge is 0.260 e. The summed E-state index contributed by atoms with van der Waals surface area (Å²) in [6, 6.07) is 7.91. The van der Waals surface area contributed by atoms with E-state index >= 15 is 0 Å². The second kappa shape index (κ2) is 8.37. The van der Waals surface area contributed by atoms with Gasteiger partial charge in [0.15, 0.2) is 6.61 Å². The lowest BCUT2D eigenvalue weighted by molar-refractivity contribution is -0.145. The van der Waals surface area contributed by atoms with Crippen molar-refractivity contribution in [3.05, 3.63) is 29.8 Å². The molecule has 0 aromatic heterocycles. The number of carbonyl (C=O) groups excluding carboxylic acids is 2. The second-order valence-corrected chi connectivity index (χ2v) is 7.61. The molecule has 1 aliphatic rings. The van der Waals surface area contributed by atoms with Gasteiger partial charge in [-0.05, 0) is 24.1 Å². The number of nitrogens with zero attached hydrogens (tertiary/aromatic N) is 2. The molecule has 0 N–H and O–H groups in total. The minimum atomic E-state index is -0.376. The van der Waals surface area contributed by atoms with Crippen molar-refractivity contribution >= 4 is 11.8 Å². The largest absolute Gasteiger partial charge is 0.484 e. The third-order valence-electron chi connectivity index (χ3n) is 4.39. The zero-order valence-corrected chi connectivity index (χ0v) is 15.9. The van der Waals surface area contributed by atoms with Crippen molar-refractivity contribution in [2.45, 2.75) is 40.5 Å². The van der Waals surface area contributed by atoms with Gasteiger partial charge in [-0.3, -0.25) is 9.59 Å². The van der Waals surface area contributed by atoms with Crippen molar-refractivity contribution in [1.82, 2.24) is 9.80 Å². The van der Waals surface area contributed by atoms with E-state index in [1.165, 1.54) is 5.56 Å². The minimum absolute atomic E-state index is 0.0273. The summed E-state index contributed by atoms with van der Waals surface area (Å²) in [6.45, 7) is 10.3. The van der Waals surface area contributed by atoms with Gasteiger partial charge in [0.05, 0.1) is 0 Å². The standard InChI is InChI=1S/C20H30N2O3/c1-5-6-16-7-9-17(10-8-16)25-15-18(23)21-11-13-22(14-12-21)19(24)20(2,3)4/h7-10H,5-6,11-15H2,1-4H3. The third-order valence-corrected chi connectivity index (χ3v) is 4.39. The zero-order valence-electron chi connectivity index (χ0n) is 15.9. The maximum absolute atomic E-state index is 12.3. The molecule has 2 rings (SSSR count). The molecule has 0 spiro atoms. The molecule has 1 saturated heterocycles. The highest BCUT2D eigenvalue weighted by atomic mass is 16.5. The predicted molar refractivity (Wildman–Crippen MR) is 98.5 cm³/mol. The number of hydrogen-bond acceptors (Lipinski definition) is 3. The van der Waals surface area contributed by atoms with E-state index in [-0.39, 0.29) is 23.8 Å². The number of piperazine rings is 1. The topological polar surface area (TPSA) is 49.9 Å². The molecule has 25 heavy (non-hydrogen) atoms. The summed E-state index contributed by atoms with van der Waals surface area (Å²) in [6.07, 6.45) is 2.17. The van der Waals surface area contributed by atoms with E-state index in [4.69, 9.17) is 4.74 Å². The van der Waals surface area contributed by atoms with Crippen LogP contribution in [0.3, 0.4) is 0 Å². The van der Waals surface area contributed by atoms with Crippen LogP contribution >= 0.6 is 0 Å². The highest BCUT2D eigenvalue weighted by Crippen LogP contribution is 2.19. The molecule has 5 heteroatoms. The molecule has 0 atom stereocenters. The Hall–Kier alpha value is -2.04. The van der Waals surface area contributed by atoms with Gasteiger partial charge in [-0.25, -0.2) is 0 Å². The van der Waals surface area contributed by atoms with Crippen molar-refractivity contribution in [3.8, 4) is 5.75 Å². The molecule has 0 aliphatic carbocycles. The van der Waals surface area contributed by atoms with Gasteiger partial charge in [0.2, 0.25) is 5.91 Å². The summed E-state index contributed by atoms with van der Waals surface area (Å²) in [5.74, 6) is 0.832. The van der Waals surface area contributed by atoms with Crippen LogP contribution in [-0.4, -0.2) is 54.4 Å². The van der Waals surface area contributed by atoms with Crippen LogP contribution in [0.15, 0.2) is 24.3 Å². The van der Waals surface area contributed by atoms with Crippen LogP contribution in [0.4, 0.5) is 0 Å². The molecule has 1 aliphatic heterocycles. The number of amides is 2. The van der Waals surface area contributed by atoms with Crippen molar-refractivity contribution in [2.24, 2.45) is 5.41 Å². The summed E-state index contributed by atoms with van der Waals surface area (Å²) >= 11 is 0. The maximum atomic E-state index is 12.3. The summed E-state index contributed by atoms with van der Waals surface area (Å²) < 4.78 is 5.61. The first-order chi connectivity index (χ1) is 11.8. The molecule has 0 saturated carbocycles. The lowest BCUT2D eigenvalue weighted by Gasteiger charge is -2.37. The summed E-state index contributed by atoms with van der Waals surface area (Å²) in [4.78, 5) is 28.2. The van der Waals surface area contributed by atoms with E-state index < -0.39 is 0 Å². The molecule has 1 aromatic carbocycles. The molecular formula is C20H30N2O3. The number of benzene rings is 1. The summed E-state index contributed by atoms with van der Waals surface area (Å²) in [5.41, 5.74) is 0.903. The van der Waals surface area contributed by atoms with E-state index in [9.17, 15) is 9.59 Å². The van der Waals surface area contributed by atoms with Crippen LogP contribution in [0.2, 0.25) is 0 Å². The summed E-state index contributed by atoms with van der Waals surface area (Å²) in [5, 5.41) is 0. The molecule has 0 radical (unpaired) electrons. The SMILES string of the molecule is CCCc1ccc(OCC(=O)N2CCN(C(=O)C(C)(C)C)CC2)cc1. The lowest BCUT2D eigenvalue weighted by Crippen LogP contribution is -2.53. The molecule has 2 amide bonds. The van der Waals surface area contributed by atoms with Gasteiger partial charge in [-0.15, -0.1) is 0 Å². The Bertz CT molecular complexity index is 582. The van der Waals surface area contributed by atoms with Crippen molar-refractivity contribution in [3.63, 3.8) is 0 Å². The normalized spacial score (nSPS) is 15.2. The highest BCUT2D eigenvalue weighted by molar-refractivity contribution is 5.82. The van der Waals surface area contributed by atoms with Crippen molar-refractivity contribution in [2.75, 3.05) is 32.8 Å². The maximum Gasteiger partial charge on any atom is 0.260 e. The molecule has 1 fully saturated rings. The fourth-order valence-electron chi connectivity index (χ4n) is 2.91. The highest BCUT2D eigenvalue weighted by Gasteiger charge is 2.30. The monoisotopic (exact) mass is 346 g/mol. The van der Waals surface area contributed by atoms with Crippen LogP contribution < -0.4 is 4.74 Å². The quantitative estimate of drug-likeness (QED) is 0.824. The first-order valence-electron chi connectivity index (χ1n) is 9.10. The van der Waals surface area contributed by atoms with Crippen molar-refractivity contribution < 1.29 is 14.3 Å². The first kappa shape index (κ1) is 19.3.